The van der Waals surface area contributed by atoms with Crippen molar-refractivity contribution in [3.05, 3.63) is 35.5 Å². The molecule has 1 heterocycles. The van der Waals surface area contributed by atoms with Crippen LogP contribution in [0, 0.1) is 0 Å². The fourth-order valence-corrected chi connectivity index (χ4v) is 2.99. The van der Waals surface area contributed by atoms with E-state index in [9.17, 15) is 9.59 Å². The number of esters is 2. The van der Waals surface area contributed by atoms with Gasteiger partial charge < -0.3 is 14.0 Å². The summed E-state index contributed by atoms with van der Waals surface area (Å²) in [4.78, 5) is 24.3. The van der Waals surface area contributed by atoms with Crippen LogP contribution in [-0.2, 0) is 27.7 Å². The summed E-state index contributed by atoms with van der Waals surface area (Å²) in [7, 11) is 1.87. The third-order valence-electron chi connectivity index (χ3n) is 3.91. The van der Waals surface area contributed by atoms with Crippen LogP contribution in [0.3, 0.4) is 0 Å². The summed E-state index contributed by atoms with van der Waals surface area (Å²) in [5.74, 6) is -0.543. The van der Waals surface area contributed by atoms with Gasteiger partial charge in [-0.25, -0.2) is 4.79 Å². The highest BCUT2D eigenvalue weighted by atomic mass is 16.6. The summed E-state index contributed by atoms with van der Waals surface area (Å²) in [5, 5.41) is 1.03. The third-order valence-corrected chi connectivity index (χ3v) is 3.91. The van der Waals surface area contributed by atoms with Crippen molar-refractivity contribution in [1.82, 2.24) is 4.57 Å². The number of carbonyl (C=O) groups excluding carboxylic acids is 2. The molecule has 0 aliphatic heterocycles. The van der Waals surface area contributed by atoms with Crippen LogP contribution in [0.4, 0.5) is 0 Å². The van der Waals surface area contributed by atoms with E-state index in [0.29, 0.717) is 31.6 Å². The van der Waals surface area contributed by atoms with Gasteiger partial charge in [-0.3, -0.25) is 4.79 Å². The van der Waals surface area contributed by atoms with Crippen molar-refractivity contribution in [2.24, 2.45) is 7.05 Å². The van der Waals surface area contributed by atoms with Crippen LogP contribution < -0.4 is 0 Å². The second kappa shape index (κ2) is 7.72. The second-order valence-corrected chi connectivity index (χ2v) is 7.06. The predicted molar refractivity (Wildman–Crippen MR) is 97.7 cm³/mol. The van der Waals surface area contributed by atoms with Gasteiger partial charge >= 0.3 is 11.9 Å². The van der Waals surface area contributed by atoms with Crippen molar-refractivity contribution < 1.29 is 19.1 Å². The molecule has 2 aromatic rings. The molecule has 2 rings (SSSR count). The number of nitrogens with zero attached hydrogens (tertiary/aromatic N) is 1. The number of benzene rings is 1. The quantitative estimate of drug-likeness (QED) is 0.742. The molecular formula is C20H27NO4. The zero-order valence-electron chi connectivity index (χ0n) is 15.7. The molecule has 1 aromatic carbocycles. The van der Waals surface area contributed by atoms with Crippen LogP contribution in [0.2, 0.25) is 0 Å². The van der Waals surface area contributed by atoms with Crippen molar-refractivity contribution in [1.29, 1.82) is 0 Å². The molecule has 0 amide bonds. The number of hydrogen-bond acceptors (Lipinski definition) is 4. The molecule has 5 nitrogen and oxygen atoms in total. The van der Waals surface area contributed by atoms with Gasteiger partial charge in [0.05, 0.1) is 6.61 Å². The number of aryl methyl sites for hydroxylation is 2. The maximum atomic E-state index is 12.4. The summed E-state index contributed by atoms with van der Waals surface area (Å²) < 4.78 is 12.4. The van der Waals surface area contributed by atoms with Gasteiger partial charge in [0.15, 0.2) is 0 Å². The van der Waals surface area contributed by atoms with E-state index >= 15 is 0 Å². The smallest absolute Gasteiger partial charge is 0.355 e. The highest BCUT2D eigenvalue weighted by Crippen LogP contribution is 2.27. The van der Waals surface area contributed by atoms with E-state index in [1.165, 1.54) is 0 Å². The fourth-order valence-electron chi connectivity index (χ4n) is 2.99. The number of hydrogen-bond donors (Lipinski definition) is 0. The number of aromatic nitrogens is 1. The summed E-state index contributed by atoms with van der Waals surface area (Å²) in [6, 6.07) is 7.88. The Morgan fingerprint density at radius 3 is 2.48 bits per heavy atom. The van der Waals surface area contributed by atoms with Crippen molar-refractivity contribution in [3.63, 3.8) is 0 Å². The van der Waals surface area contributed by atoms with Crippen LogP contribution in [0.5, 0.6) is 0 Å². The summed E-state index contributed by atoms with van der Waals surface area (Å²) >= 11 is 0. The predicted octanol–water partition coefficient (Wildman–Crippen LogP) is 4.02. The molecule has 0 saturated carbocycles. The monoisotopic (exact) mass is 345 g/mol. The lowest BCUT2D eigenvalue weighted by Gasteiger charge is -2.19. The molecule has 5 heteroatoms. The lowest BCUT2D eigenvalue weighted by molar-refractivity contribution is -0.154. The van der Waals surface area contributed by atoms with E-state index in [-0.39, 0.29) is 11.9 Å². The first-order valence-electron chi connectivity index (χ1n) is 8.70. The Morgan fingerprint density at radius 2 is 1.84 bits per heavy atom. The molecule has 0 aliphatic carbocycles. The molecule has 0 atom stereocenters. The Bertz CT molecular complexity index is 768. The molecule has 0 bridgehead atoms. The standard InChI is InChI=1S/C20H27NO4/c1-6-24-19(23)18-15(11-9-13-17(22)25-20(2,3)4)14-10-7-8-12-16(14)21(18)5/h7-8,10,12H,6,9,11,13H2,1-5H3. The first-order valence-corrected chi connectivity index (χ1v) is 8.70. The van der Waals surface area contributed by atoms with E-state index in [1.807, 2.05) is 56.7 Å². The van der Waals surface area contributed by atoms with E-state index in [0.717, 1.165) is 16.5 Å². The summed E-state index contributed by atoms with van der Waals surface area (Å²) in [6.45, 7) is 7.69. The van der Waals surface area contributed by atoms with Crippen molar-refractivity contribution in [3.8, 4) is 0 Å². The number of ether oxygens (including phenoxy) is 2. The topological polar surface area (TPSA) is 57.5 Å². The minimum absolute atomic E-state index is 0.217. The minimum Gasteiger partial charge on any atom is -0.461 e. The van der Waals surface area contributed by atoms with Crippen molar-refractivity contribution >= 4 is 22.8 Å². The molecule has 0 saturated heterocycles. The molecule has 0 spiro atoms. The number of rotatable bonds is 6. The van der Waals surface area contributed by atoms with E-state index < -0.39 is 5.60 Å². The lowest BCUT2D eigenvalue weighted by atomic mass is 10.0. The largest absolute Gasteiger partial charge is 0.461 e. The Hall–Kier alpha value is -2.30. The highest BCUT2D eigenvalue weighted by Gasteiger charge is 2.22. The maximum Gasteiger partial charge on any atom is 0.355 e. The van der Waals surface area contributed by atoms with Gasteiger partial charge in [0.1, 0.15) is 11.3 Å². The van der Waals surface area contributed by atoms with Gasteiger partial charge in [-0.1, -0.05) is 18.2 Å². The lowest BCUT2D eigenvalue weighted by Crippen LogP contribution is -2.23. The third kappa shape index (κ3) is 4.62. The second-order valence-electron chi connectivity index (χ2n) is 7.06. The van der Waals surface area contributed by atoms with Gasteiger partial charge in [0.25, 0.3) is 0 Å². The Labute approximate surface area is 148 Å². The Kier molecular flexibility index (Phi) is 5.88. The normalized spacial score (nSPS) is 11.6. The molecule has 136 valence electrons. The zero-order valence-corrected chi connectivity index (χ0v) is 15.7. The molecule has 0 unspecified atom stereocenters. The molecule has 1 aromatic heterocycles. The number of carbonyl (C=O) groups is 2. The van der Waals surface area contributed by atoms with Crippen LogP contribution in [-0.4, -0.2) is 28.7 Å². The van der Waals surface area contributed by atoms with Crippen LogP contribution in [0.15, 0.2) is 24.3 Å². The zero-order chi connectivity index (χ0) is 18.6. The van der Waals surface area contributed by atoms with E-state index in [4.69, 9.17) is 9.47 Å². The average molecular weight is 345 g/mol. The number of para-hydroxylation sites is 1. The Morgan fingerprint density at radius 1 is 1.16 bits per heavy atom. The van der Waals surface area contributed by atoms with Crippen LogP contribution in [0.25, 0.3) is 10.9 Å². The molecule has 0 aliphatic rings. The first kappa shape index (κ1) is 19.0. The van der Waals surface area contributed by atoms with Gasteiger partial charge in [0.2, 0.25) is 0 Å². The van der Waals surface area contributed by atoms with Gasteiger partial charge in [0, 0.05) is 24.4 Å². The first-order chi connectivity index (χ1) is 11.7. The summed E-state index contributed by atoms with van der Waals surface area (Å²) in [6.07, 6.45) is 1.56. The van der Waals surface area contributed by atoms with E-state index in [2.05, 4.69) is 0 Å². The molecule has 0 radical (unpaired) electrons. The molecule has 0 fully saturated rings. The van der Waals surface area contributed by atoms with Crippen molar-refractivity contribution in [2.45, 2.75) is 52.6 Å². The Balaban J connectivity index is 2.23. The summed E-state index contributed by atoms with van der Waals surface area (Å²) in [5.41, 5.74) is 2.00. The molecule has 25 heavy (non-hydrogen) atoms. The van der Waals surface area contributed by atoms with Crippen LogP contribution in [0.1, 0.15) is 56.6 Å². The van der Waals surface area contributed by atoms with E-state index in [1.54, 1.807) is 6.92 Å². The maximum absolute atomic E-state index is 12.4. The number of fused-ring (bicyclic) bond motifs is 1. The van der Waals surface area contributed by atoms with Crippen molar-refractivity contribution in [2.75, 3.05) is 6.61 Å². The minimum atomic E-state index is -0.480. The fraction of sp³-hybridized carbons (Fsp3) is 0.500. The molecule has 0 N–H and O–H groups in total. The SMILES string of the molecule is CCOC(=O)c1c(CCCC(=O)OC(C)(C)C)c2ccccc2n1C. The van der Waals surface area contributed by atoms with Crippen LogP contribution >= 0.6 is 0 Å². The van der Waals surface area contributed by atoms with Gasteiger partial charge in [-0.15, -0.1) is 0 Å². The highest BCUT2D eigenvalue weighted by molar-refractivity contribution is 5.99. The average Bonchev–Trinajstić information content (AvgIpc) is 2.79. The van der Waals surface area contributed by atoms with Gasteiger partial charge in [-0.05, 0) is 52.2 Å². The molecular weight excluding hydrogens is 318 g/mol. The van der Waals surface area contributed by atoms with Gasteiger partial charge in [-0.2, -0.15) is 0 Å².